The monoisotopic (exact) mass is 344 g/mol. The van der Waals surface area contributed by atoms with E-state index in [0.717, 1.165) is 39.3 Å². The van der Waals surface area contributed by atoms with Gasteiger partial charge in [-0.05, 0) is 28.9 Å². The quantitative estimate of drug-likeness (QED) is 0.482. The zero-order valence-electron chi connectivity index (χ0n) is 11.0. The number of nitrogens with zero attached hydrogens (tertiary/aromatic N) is 3. The molecule has 0 aromatic carbocycles. The van der Waals surface area contributed by atoms with E-state index < -0.39 is 4.92 Å². The number of morpholine rings is 1. The van der Waals surface area contributed by atoms with Crippen LogP contribution in [-0.2, 0) is 4.74 Å². The molecule has 0 spiro atoms. The Bertz CT molecular complexity index is 466. The lowest BCUT2D eigenvalue weighted by Crippen LogP contribution is -2.37. The fourth-order valence-electron chi connectivity index (χ4n) is 2.08. The number of halogens is 1. The Labute approximate surface area is 125 Å². The Balaban J connectivity index is 1.83. The van der Waals surface area contributed by atoms with Gasteiger partial charge in [-0.1, -0.05) is 0 Å². The Morgan fingerprint density at radius 3 is 2.90 bits per heavy atom. The molecule has 1 aromatic heterocycles. The highest BCUT2D eigenvalue weighted by molar-refractivity contribution is 9.10. The van der Waals surface area contributed by atoms with Crippen molar-refractivity contribution in [3.8, 4) is 0 Å². The van der Waals surface area contributed by atoms with Crippen molar-refractivity contribution in [3.05, 3.63) is 27.0 Å². The van der Waals surface area contributed by atoms with Crippen molar-refractivity contribution in [2.45, 2.75) is 6.42 Å². The van der Waals surface area contributed by atoms with Gasteiger partial charge in [0.25, 0.3) is 0 Å². The van der Waals surface area contributed by atoms with Crippen molar-refractivity contribution < 1.29 is 9.66 Å². The van der Waals surface area contributed by atoms with Gasteiger partial charge in [-0.25, -0.2) is 0 Å². The molecule has 0 unspecified atom stereocenters. The number of nitrogens with one attached hydrogen (secondary N) is 1. The van der Waals surface area contributed by atoms with Crippen molar-refractivity contribution in [1.82, 2.24) is 9.88 Å². The van der Waals surface area contributed by atoms with E-state index in [0.29, 0.717) is 16.7 Å². The molecule has 1 aromatic rings. The van der Waals surface area contributed by atoms with E-state index in [4.69, 9.17) is 4.74 Å². The topological polar surface area (TPSA) is 80.5 Å². The summed E-state index contributed by atoms with van der Waals surface area (Å²) >= 11 is 3.29. The van der Waals surface area contributed by atoms with E-state index in [-0.39, 0.29) is 5.69 Å². The molecule has 2 rings (SSSR count). The second kappa shape index (κ2) is 7.51. The summed E-state index contributed by atoms with van der Waals surface area (Å²) in [6, 6.07) is 0. The van der Waals surface area contributed by atoms with E-state index in [9.17, 15) is 10.1 Å². The van der Waals surface area contributed by atoms with Gasteiger partial charge in [0.2, 0.25) is 0 Å². The first-order chi connectivity index (χ1) is 9.68. The van der Waals surface area contributed by atoms with Crippen molar-refractivity contribution in [3.63, 3.8) is 0 Å². The molecule has 8 heteroatoms. The predicted octanol–water partition coefficient (Wildman–Crippen LogP) is 1.89. The summed E-state index contributed by atoms with van der Waals surface area (Å²) in [7, 11) is 0. The van der Waals surface area contributed by atoms with Crippen LogP contribution in [0.2, 0.25) is 0 Å². The van der Waals surface area contributed by atoms with Crippen LogP contribution in [0.25, 0.3) is 0 Å². The number of nitro groups is 1. The van der Waals surface area contributed by atoms with Crippen LogP contribution in [0, 0.1) is 10.1 Å². The molecule has 20 heavy (non-hydrogen) atoms. The standard InChI is InChI=1S/C12H17BrN4O3/c13-10-8-14-9-11(17(18)19)12(10)15-2-1-3-16-4-6-20-7-5-16/h8-9H,1-7H2,(H,14,15). The normalized spacial score (nSPS) is 16.1. The molecule has 1 aliphatic rings. The van der Waals surface area contributed by atoms with Crippen molar-refractivity contribution in [2.75, 3.05) is 44.7 Å². The summed E-state index contributed by atoms with van der Waals surface area (Å²) < 4.78 is 5.90. The number of aromatic nitrogens is 1. The van der Waals surface area contributed by atoms with E-state index in [1.54, 1.807) is 6.20 Å². The number of hydrogen-bond donors (Lipinski definition) is 1. The third-order valence-electron chi connectivity index (χ3n) is 3.13. The average Bonchev–Trinajstić information content (AvgIpc) is 2.45. The van der Waals surface area contributed by atoms with Gasteiger partial charge in [-0.15, -0.1) is 0 Å². The molecule has 1 N–H and O–H groups in total. The van der Waals surface area contributed by atoms with E-state index in [1.165, 1.54) is 6.20 Å². The maximum atomic E-state index is 10.9. The van der Waals surface area contributed by atoms with Gasteiger partial charge in [-0.3, -0.25) is 20.0 Å². The van der Waals surface area contributed by atoms with Crippen molar-refractivity contribution >= 4 is 27.3 Å². The molecular formula is C12H17BrN4O3. The third-order valence-corrected chi connectivity index (χ3v) is 3.73. The molecule has 1 aliphatic heterocycles. The van der Waals surface area contributed by atoms with Gasteiger partial charge in [0.15, 0.2) is 0 Å². The number of hydrogen-bond acceptors (Lipinski definition) is 6. The highest BCUT2D eigenvalue weighted by atomic mass is 79.9. The molecule has 2 heterocycles. The molecule has 1 fully saturated rings. The minimum absolute atomic E-state index is 0.00857. The second-order valence-electron chi connectivity index (χ2n) is 4.51. The number of pyridine rings is 1. The SMILES string of the molecule is O=[N+]([O-])c1cncc(Br)c1NCCCN1CCOCC1. The summed E-state index contributed by atoms with van der Waals surface area (Å²) in [5, 5.41) is 14.1. The summed E-state index contributed by atoms with van der Waals surface area (Å²) in [6.07, 6.45) is 3.73. The molecule has 0 saturated carbocycles. The zero-order chi connectivity index (χ0) is 14.4. The Kier molecular flexibility index (Phi) is 5.69. The average molecular weight is 345 g/mol. The fraction of sp³-hybridized carbons (Fsp3) is 0.583. The largest absolute Gasteiger partial charge is 0.379 e. The minimum atomic E-state index is -0.429. The molecule has 0 atom stereocenters. The van der Waals surface area contributed by atoms with Crippen LogP contribution >= 0.6 is 15.9 Å². The van der Waals surface area contributed by atoms with Crippen LogP contribution in [-0.4, -0.2) is 54.2 Å². The zero-order valence-corrected chi connectivity index (χ0v) is 12.6. The Morgan fingerprint density at radius 1 is 1.45 bits per heavy atom. The lowest BCUT2D eigenvalue weighted by atomic mass is 10.3. The van der Waals surface area contributed by atoms with Crippen LogP contribution in [0.1, 0.15) is 6.42 Å². The van der Waals surface area contributed by atoms with Crippen molar-refractivity contribution in [2.24, 2.45) is 0 Å². The molecule has 0 radical (unpaired) electrons. The lowest BCUT2D eigenvalue weighted by molar-refractivity contribution is -0.384. The highest BCUT2D eigenvalue weighted by Gasteiger charge is 2.17. The minimum Gasteiger partial charge on any atom is -0.379 e. The fourth-order valence-corrected chi connectivity index (χ4v) is 2.54. The first kappa shape index (κ1) is 15.1. The summed E-state index contributed by atoms with van der Waals surface area (Å²) in [5.74, 6) is 0. The molecule has 0 bridgehead atoms. The first-order valence-electron chi connectivity index (χ1n) is 6.50. The van der Waals surface area contributed by atoms with Gasteiger partial charge in [-0.2, -0.15) is 0 Å². The predicted molar refractivity (Wildman–Crippen MR) is 79.0 cm³/mol. The van der Waals surface area contributed by atoms with Crippen molar-refractivity contribution in [1.29, 1.82) is 0 Å². The van der Waals surface area contributed by atoms with E-state index >= 15 is 0 Å². The maximum absolute atomic E-state index is 10.9. The first-order valence-corrected chi connectivity index (χ1v) is 7.29. The van der Waals surface area contributed by atoms with Gasteiger partial charge in [0, 0.05) is 25.8 Å². The van der Waals surface area contributed by atoms with Crippen LogP contribution < -0.4 is 5.32 Å². The Hall–Kier alpha value is -1.25. The van der Waals surface area contributed by atoms with E-state index in [2.05, 4.69) is 31.1 Å². The van der Waals surface area contributed by atoms with Gasteiger partial charge in [0.05, 0.1) is 22.6 Å². The van der Waals surface area contributed by atoms with E-state index in [1.807, 2.05) is 0 Å². The number of anilines is 1. The molecule has 0 amide bonds. The molecule has 7 nitrogen and oxygen atoms in total. The van der Waals surface area contributed by atoms with Gasteiger partial charge >= 0.3 is 5.69 Å². The van der Waals surface area contributed by atoms with Crippen LogP contribution in [0.4, 0.5) is 11.4 Å². The summed E-state index contributed by atoms with van der Waals surface area (Å²) in [4.78, 5) is 16.7. The smallest absolute Gasteiger partial charge is 0.311 e. The third kappa shape index (κ3) is 4.12. The summed E-state index contributed by atoms with van der Waals surface area (Å²) in [6.45, 7) is 5.13. The maximum Gasteiger partial charge on any atom is 0.311 e. The lowest BCUT2D eigenvalue weighted by Gasteiger charge is -2.26. The molecule has 110 valence electrons. The second-order valence-corrected chi connectivity index (χ2v) is 5.36. The van der Waals surface area contributed by atoms with Gasteiger partial charge < -0.3 is 10.1 Å². The molecule has 0 aliphatic carbocycles. The number of ether oxygens (including phenoxy) is 1. The molecular weight excluding hydrogens is 328 g/mol. The van der Waals surface area contributed by atoms with Gasteiger partial charge in [0.1, 0.15) is 11.9 Å². The van der Waals surface area contributed by atoms with Crippen LogP contribution in [0.15, 0.2) is 16.9 Å². The molecule has 1 saturated heterocycles. The van der Waals surface area contributed by atoms with Crippen LogP contribution in [0.5, 0.6) is 0 Å². The highest BCUT2D eigenvalue weighted by Crippen LogP contribution is 2.30. The number of rotatable bonds is 6. The van der Waals surface area contributed by atoms with Crippen LogP contribution in [0.3, 0.4) is 0 Å². The Morgan fingerprint density at radius 2 is 2.20 bits per heavy atom. The summed E-state index contributed by atoms with van der Waals surface area (Å²) in [5.41, 5.74) is 0.484.